The minimum Gasteiger partial charge on any atom is -0.368 e. The average molecular weight is 725 g/mol. The van der Waals surface area contributed by atoms with Crippen LogP contribution in [0.25, 0.3) is 0 Å². The topological polar surface area (TPSA) is 244 Å². The van der Waals surface area contributed by atoms with Crippen LogP contribution in [0.3, 0.4) is 0 Å². The molecule has 282 valence electrons. The summed E-state index contributed by atoms with van der Waals surface area (Å²) in [5, 5.41) is 15.8. The molecule has 0 aliphatic carbocycles. The highest BCUT2D eigenvalue weighted by molar-refractivity contribution is 5.97. The number of rotatable bonds is 11. The highest BCUT2D eigenvalue weighted by atomic mass is 19.1. The third-order valence-corrected chi connectivity index (χ3v) is 8.35. The van der Waals surface area contributed by atoms with E-state index in [1.807, 2.05) is 13.8 Å². The quantitative estimate of drug-likeness (QED) is 0.146. The zero-order valence-corrected chi connectivity index (χ0v) is 29.4. The van der Waals surface area contributed by atoms with E-state index in [4.69, 9.17) is 11.5 Å². The Bertz CT molecular complexity index is 1570. The summed E-state index contributed by atoms with van der Waals surface area (Å²) >= 11 is 0. The molecule has 1 aliphatic rings. The Balaban J connectivity index is 1.94. The van der Waals surface area contributed by atoms with Gasteiger partial charge >= 0.3 is 0 Å². The lowest BCUT2D eigenvalue weighted by atomic mass is 9.99. The maximum atomic E-state index is 13.9. The number of carbonyl (C=O) groups is 7. The first-order valence-electron chi connectivity index (χ1n) is 17.3. The second-order valence-electron chi connectivity index (χ2n) is 13.2. The van der Waals surface area contributed by atoms with Crippen LogP contribution in [0.4, 0.5) is 4.39 Å². The van der Waals surface area contributed by atoms with E-state index < -0.39 is 90.3 Å². The Morgan fingerprint density at radius 1 is 0.885 bits per heavy atom. The zero-order chi connectivity index (χ0) is 38.2. The van der Waals surface area contributed by atoms with Crippen molar-refractivity contribution < 1.29 is 38.0 Å². The Labute approximate surface area is 302 Å². The van der Waals surface area contributed by atoms with E-state index in [0.717, 1.165) is 0 Å². The molecule has 1 heterocycles. The number of nitrogens with two attached hydrogens (primary N) is 2. The van der Waals surface area contributed by atoms with Crippen molar-refractivity contribution in [2.45, 2.75) is 89.0 Å². The number of hydrogen-bond donors (Lipinski definition) is 8. The van der Waals surface area contributed by atoms with Gasteiger partial charge in [0.1, 0.15) is 36.0 Å². The molecule has 15 nitrogen and oxygen atoms in total. The van der Waals surface area contributed by atoms with Gasteiger partial charge < -0.3 is 43.4 Å². The summed E-state index contributed by atoms with van der Waals surface area (Å²) in [5.74, 6) is -5.68. The zero-order valence-electron chi connectivity index (χ0n) is 29.4. The molecule has 16 heteroatoms. The van der Waals surface area contributed by atoms with Crippen LogP contribution in [0, 0.1) is 11.7 Å². The number of hydrogen-bond acceptors (Lipinski definition) is 8. The lowest BCUT2D eigenvalue weighted by molar-refractivity contribution is -0.135. The molecule has 1 saturated heterocycles. The van der Waals surface area contributed by atoms with Crippen molar-refractivity contribution in [2.75, 3.05) is 13.1 Å². The van der Waals surface area contributed by atoms with Crippen molar-refractivity contribution in [3.63, 3.8) is 0 Å². The molecule has 0 unspecified atom stereocenters. The van der Waals surface area contributed by atoms with E-state index in [9.17, 15) is 38.0 Å². The molecule has 2 aromatic carbocycles. The van der Waals surface area contributed by atoms with Crippen molar-refractivity contribution >= 4 is 41.4 Å². The highest BCUT2D eigenvalue weighted by Gasteiger charge is 2.33. The van der Waals surface area contributed by atoms with Crippen LogP contribution in [0.15, 0.2) is 54.6 Å². The molecule has 1 fully saturated rings. The molecule has 10 N–H and O–H groups in total. The average Bonchev–Trinajstić information content (AvgIpc) is 3.09. The molecule has 3 rings (SSSR count). The maximum absolute atomic E-state index is 13.9. The first-order valence-corrected chi connectivity index (χ1v) is 17.3. The van der Waals surface area contributed by atoms with Gasteiger partial charge in [-0.3, -0.25) is 33.6 Å². The van der Waals surface area contributed by atoms with Gasteiger partial charge in [0.15, 0.2) is 0 Å². The van der Waals surface area contributed by atoms with E-state index in [1.165, 1.54) is 18.2 Å². The minimum atomic E-state index is -1.36. The highest BCUT2D eigenvalue weighted by Crippen LogP contribution is 2.12. The number of carbonyl (C=O) groups excluding carboxylic acids is 7. The third-order valence-electron chi connectivity index (χ3n) is 8.35. The van der Waals surface area contributed by atoms with Gasteiger partial charge in [0.25, 0.3) is 0 Å². The standard InChI is InChI=1S/C36H49FN8O7/c1-21(2)15-27-34(50)45-29(17-22-9-4-3-5-10-22)36(52)43-26(32(39)48)19-30(46)40-14-7-6-13-25(33(49)44-27)42-35(51)28(41-31(47)20-38)18-23-11-8-12-24(37)16-23/h3-5,8-12,16,21,25-29H,6-7,13-15,17-20,38H2,1-2H3,(H2,39,48)(H,40,46)(H,41,47)(H,42,51)(H,43,52)(H,44,49)(H,45,50)/t25-,26-,27-,28-,29-/m0/s1. The van der Waals surface area contributed by atoms with Gasteiger partial charge in [-0.2, -0.15) is 0 Å². The first kappa shape index (κ1) is 41.0. The van der Waals surface area contributed by atoms with E-state index in [2.05, 4.69) is 31.9 Å². The molecule has 0 bridgehead atoms. The van der Waals surface area contributed by atoms with Crippen LogP contribution in [-0.2, 0) is 46.4 Å². The lowest BCUT2D eigenvalue weighted by Gasteiger charge is -2.27. The normalized spacial score (nSPS) is 21.4. The first-order chi connectivity index (χ1) is 24.7. The molecular weight excluding hydrogens is 675 g/mol. The van der Waals surface area contributed by atoms with Crippen LogP contribution < -0.4 is 43.4 Å². The van der Waals surface area contributed by atoms with Crippen molar-refractivity contribution in [1.29, 1.82) is 0 Å². The van der Waals surface area contributed by atoms with Crippen LogP contribution in [0.2, 0.25) is 0 Å². The number of nitrogens with one attached hydrogen (secondary N) is 6. The SMILES string of the molecule is CC(C)C[C@@H]1NC(=O)[C@@H](NC(=O)[C@H](Cc2cccc(F)c2)NC(=O)CN)CCCCNC(=O)C[C@@H](C(N)=O)NC(=O)[C@H](Cc2ccccc2)NC1=O. The number of halogens is 1. The second kappa shape index (κ2) is 20.5. The molecule has 1 aliphatic heterocycles. The molecule has 7 amide bonds. The monoisotopic (exact) mass is 724 g/mol. The lowest BCUT2D eigenvalue weighted by Crippen LogP contribution is -2.60. The molecule has 0 spiro atoms. The summed E-state index contributed by atoms with van der Waals surface area (Å²) in [6.07, 6.45) is 0.367. The number of benzene rings is 2. The summed E-state index contributed by atoms with van der Waals surface area (Å²) < 4.78 is 13.9. The largest absolute Gasteiger partial charge is 0.368 e. The maximum Gasteiger partial charge on any atom is 0.243 e. The molecule has 0 aromatic heterocycles. The van der Waals surface area contributed by atoms with Crippen LogP contribution in [-0.4, -0.2) is 84.6 Å². The fourth-order valence-electron chi connectivity index (χ4n) is 5.66. The number of primary amides is 1. The molecule has 0 radical (unpaired) electrons. The summed E-state index contributed by atoms with van der Waals surface area (Å²) in [6.45, 7) is 3.40. The molecule has 52 heavy (non-hydrogen) atoms. The Hall–Kier alpha value is -5.38. The van der Waals surface area contributed by atoms with E-state index >= 15 is 0 Å². The van der Waals surface area contributed by atoms with Gasteiger partial charge in [-0.1, -0.05) is 56.3 Å². The van der Waals surface area contributed by atoms with E-state index in [-0.39, 0.29) is 38.1 Å². The van der Waals surface area contributed by atoms with Gasteiger partial charge in [-0.15, -0.1) is 0 Å². The third kappa shape index (κ3) is 13.7. The molecule has 0 saturated carbocycles. The number of amides is 7. The predicted octanol–water partition coefficient (Wildman–Crippen LogP) is -0.785. The van der Waals surface area contributed by atoms with Gasteiger partial charge in [0.05, 0.1) is 13.0 Å². The van der Waals surface area contributed by atoms with Crippen molar-refractivity contribution in [2.24, 2.45) is 17.4 Å². The smallest absolute Gasteiger partial charge is 0.243 e. The van der Waals surface area contributed by atoms with Gasteiger partial charge in [0.2, 0.25) is 41.4 Å². The molecule has 5 atom stereocenters. The van der Waals surface area contributed by atoms with Gasteiger partial charge in [-0.05, 0) is 54.9 Å². The van der Waals surface area contributed by atoms with Crippen LogP contribution in [0.1, 0.15) is 57.1 Å². The summed E-state index contributed by atoms with van der Waals surface area (Å²) in [5.41, 5.74) is 12.1. The predicted molar refractivity (Wildman–Crippen MR) is 189 cm³/mol. The summed E-state index contributed by atoms with van der Waals surface area (Å²) in [7, 11) is 0. The van der Waals surface area contributed by atoms with Crippen LogP contribution in [0.5, 0.6) is 0 Å². The fourth-order valence-corrected chi connectivity index (χ4v) is 5.66. The fraction of sp³-hybridized carbons (Fsp3) is 0.472. The minimum absolute atomic E-state index is 0.0122. The van der Waals surface area contributed by atoms with Crippen molar-refractivity contribution in [1.82, 2.24) is 31.9 Å². The molecule has 2 aromatic rings. The van der Waals surface area contributed by atoms with E-state index in [0.29, 0.717) is 24.0 Å². The van der Waals surface area contributed by atoms with Crippen molar-refractivity contribution in [3.05, 3.63) is 71.5 Å². The van der Waals surface area contributed by atoms with Crippen molar-refractivity contribution in [3.8, 4) is 0 Å². The van der Waals surface area contributed by atoms with Crippen LogP contribution >= 0.6 is 0 Å². The van der Waals surface area contributed by atoms with Gasteiger partial charge in [-0.25, -0.2) is 4.39 Å². The molecular formula is C36H49FN8O7. The Morgan fingerprint density at radius 2 is 1.56 bits per heavy atom. The Kier molecular flexibility index (Phi) is 16.2. The summed E-state index contributed by atoms with van der Waals surface area (Å²) in [6, 6.07) is 8.13. The van der Waals surface area contributed by atoms with E-state index in [1.54, 1.807) is 36.4 Å². The Morgan fingerprint density at radius 3 is 2.21 bits per heavy atom. The van der Waals surface area contributed by atoms with Gasteiger partial charge in [0, 0.05) is 19.4 Å². The second-order valence-corrected chi connectivity index (χ2v) is 13.2. The summed E-state index contributed by atoms with van der Waals surface area (Å²) in [4.78, 5) is 92.1.